The minimum atomic E-state index is -0.646. The number of carbonyl (C=O) groups excluding carboxylic acids is 1. The van der Waals surface area contributed by atoms with Gasteiger partial charge in [0.1, 0.15) is 11.8 Å². The number of nitrogens with zero attached hydrogens (tertiary/aromatic N) is 3. The Labute approximate surface area is 218 Å². The highest BCUT2D eigenvalue weighted by atomic mass is 35.5. The van der Waals surface area contributed by atoms with Crippen LogP contribution in [0.2, 0.25) is 10.0 Å². The van der Waals surface area contributed by atoms with Gasteiger partial charge in [0.15, 0.2) is 5.82 Å². The van der Waals surface area contributed by atoms with Crippen molar-refractivity contribution in [1.82, 2.24) is 14.8 Å². The van der Waals surface area contributed by atoms with Gasteiger partial charge in [0.05, 0.1) is 18.4 Å². The molecule has 0 saturated heterocycles. The maximum absolute atomic E-state index is 13.7. The Bertz CT molecular complexity index is 1490. The van der Waals surface area contributed by atoms with Gasteiger partial charge in [-0.1, -0.05) is 71.2 Å². The Morgan fingerprint density at radius 3 is 2.53 bits per heavy atom. The van der Waals surface area contributed by atoms with Crippen molar-refractivity contribution in [2.45, 2.75) is 19.9 Å². The first-order valence-electron chi connectivity index (χ1n) is 11.3. The number of aryl methyl sites for hydroxylation is 1. The molecule has 0 fully saturated rings. The highest BCUT2D eigenvalue weighted by Crippen LogP contribution is 2.40. The van der Waals surface area contributed by atoms with Crippen molar-refractivity contribution in [3.05, 3.63) is 99.2 Å². The second kappa shape index (κ2) is 9.68. The number of rotatable bonds is 5. The molecule has 0 bridgehead atoms. The molecule has 1 unspecified atom stereocenters. The van der Waals surface area contributed by atoms with E-state index in [9.17, 15) is 4.79 Å². The van der Waals surface area contributed by atoms with Gasteiger partial charge in [0.2, 0.25) is 5.95 Å². The number of benzene rings is 3. The Balaban J connectivity index is 1.62. The third-order valence-electron chi connectivity index (χ3n) is 6.02. The van der Waals surface area contributed by atoms with E-state index in [4.69, 9.17) is 38.0 Å². The van der Waals surface area contributed by atoms with E-state index in [0.29, 0.717) is 50.1 Å². The number of aromatic nitrogens is 3. The molecule has 4 aromatic rings. The minimum Gasteiger partial charge on any atom is -0.495 e. The van der Waals surface area contributed by atoms with Gasteiger partial charge in [0, 0.05) is 26.9 Å². The van der Waals surface area contributed by atoms with Crippen molar-refractivity contribution in [3.8, 4) is 17.1 Å². The van der Waals surface area contributed by atoms with Crippen molar-refractivity contribution >= 4 is 40.7 Å². The monoisotopic (exact) mass is 519 g/mol. The predicted octanol–water partition coefficient (Wildman–Crippen LogP) is 6.50. The van der Waals surface area contributed by atoms with Gasteiger partial charge in [-0.15, -0.1) is 5.10 Å². The van der Waals surface area contributed by atoms with Gasteiger partial charge in [-0.2, -0.15) is 4.98 Å². The number of anilines is 2. The number of nitrogens with one attached hydrogen (secondary N) is 2. The van der Waals surface area contributed by atoms with Crippen molar-refractivity contribution in [2.24, 2.45) is 0 Å². The molecule has 0 radical (unpaired) electrons. The summed E-state index contributed by atoms with van der Waals surface area (Å²) in [7, 11) is 1.56. The third kappa shape index (κ3) is 4.43. The molecule has 2 N–H and O–H groups in total. The number of fused-ring (bicyclic) bond motifs is 1. The largest absolute Gasteiger partial charge is 0.495 e. The Kier molecular flexibility index (Phi) is 6.43. The molecule has 5 rings (SSSR count). The summed E-state index contributed by atoms with van der Waals surface area (Å²) in [6.07, 6.45) is 0. The van der Waals surface area contributed by atoms with Crippen molar-refractivity contribution < 1.29 is 9.53 Å². The van der Waals surface area contributed by atoms with E-state index in [0.717, 1.165) is 11.1 Å². The summed E-state index contributed by atoms with van der Waals surface area (Å²) >= 11 is 12.8. The van der Waals surface area contributed by atoms with E-state index in [1.807, 2.05) is 50.2 Å². The Morgan fingerprint density at radius 2 is 1.81 bits per heavy atom. The van der Waals surface area contributed by atoms with Gasteiger partial charge < -0.3 is 15.4 Å². The van der Waals surface area contributed by atoms with Gasteiger partial charge in [-0.05, 0) is 38.1 Å². The highest BCUT2D eigenvalue weighted by molar-refractivity contribution is 6.35. The van der Waals surface area contributed by atoms with Gasteiger partial charge in [0.25, 0.3) is 5.91 Å². The predicted molar refractivity (Wildman–Crippen MR) is 143 cm³/mol. The lowest BCUT2D eigenvalue weighted by Crippen LogP contribution is -2.31. The number of allylic oxidation sites excluding steroid dienone is 1. The molecule has 9 heteroatoms. The van der Waals surface area contributed by atoms with E-state index in [2.05, 4.69) is 10.6 Å². The fourth-order valence-corrected chi connectivity index (χ4v) is 4.73. The first kappa shape index (κ1) is 23.9. The Hall–Kier alpha value is -3.81. The van der Waals surface area contributed by atoms with Gasteiger partial charge >= 0.3 is 0 Å². The number of halogens is 2. The second-order valence-electron chi connectivity index (χ2n) is 8.46. The van der Waals surface area contributed by atoms with Crippen molar-refractivity contribution in [3.63, 3.8) is 0 Å². The molecule has 182 valence electrons. The van der Waals surface area contributed by atoms with Crippen LogP contribution in [0.15, 0.2) is 78.0 Å². The van der Waals surface area contributed by atoms with Crippen LogP contribution in [0.3, 0.4) is 0 Å². The van der Waals surface area contributed by atoms with E-state index >= 15 is 0 Å². The van der Waals surface area contributed by atoms with Gasteiger partial charge in [-0.25, -0.2) is 4.68 Å². The van der Waals surface area contributed by atoms with Crippen LogP contribution in [0.25, 0.3) is 11.4 Å². The summed E-state index contributed by atoms with van der Waals surface area (Å²) in [5.41, 5.74) is 4.30. The second-order valence-corrected chi connectivity index (χ2v) is 9.30. The summed E-state index contributed by atoms with van der Waals surface area (Å²) in [4.78, 5) is 18.5. The molecule has 1 aromatic heterocycles. The fourth-order valence-electron chi connectivity index (χ4n) is 4.22. The molecule has 0 spiro atoms. The van der Waals surface area contributed by atoms with Crippen LogP contribution in [0, 0.1) is 6.92 Å². The average Bonchev–Trinajstić information content (AvgIpc) is 3.28. The molecule has 1 aliphatic rings. The molecule has 1 amide bonds. The summed E-state index contributed by atoms with van der Waals surface area (Å²) in [6.45, 7) is 3.85. The van der Waals surface area contributed by atoms with Crippen LogP contribution in [-0.4, -0.2) is 27.8 Å². The van der Waals surface area contributed by atoms with Crippen LogP contribution in [0.1, 0.15) is 24.1 Å². The van der Waals surface area contributed by atoms with Crippen molar-refractivity contribution in [1.29, 1.82) is 0 Å². The van der Waals surface area contributed by atoms with Crippen LogP contribution >= 0.6 is 23.2 Å². The normalized spacial score (nSPS) is 14.8. The number of hydrogen-bond acceptors (Lipinski definition) is 5. The first-order chi connectivity index (χ1) is 17.4. The number of methoxy groups -OCH3 is 1. The number of para-hydroxylation sites is 2. The molecule has 0 saturated carbocycles. The summed E-state index contributed by atoms with van der Waals surface area (Å²) in [5.74, 6) is 1.27. The molecule has 2 heterocycles. The molecule has 36 heavy (non-hydrogen) atoms. The van der Waals surface area contributed by atoms with E-state index in [1.54, 1.807) is 42.1 Å². The van der Waals surface area contributed by atoms with Crippen LogP contribution < -0.4 is 15.4 Å². The summed E-state index contributed by atoms with van der Waals surface area (Å²) in [6, 6.07) is 19.7. The molecule has 1 atom stereocenters. The Morgan fingerprint density at radius 1 is 1.06 bits per heavy atom. The maximum atomic E-state index is 13.7. The third-order valence-corrected chi connectivity index (χ3v) is 6.58. The smallest absolute Gasteiger partial charge is 0.255 e. The quantitative estimate of drug-likeness (QED) is 0.314. The summed E-state index contributed by atoms with van der Waals surface area (Å²) < 4.78 is 7.10. The number of ether oxygens (including phenoxy) is 1. The SMILES string of the molecule is COc1ccccc1NC(=O)C1=C(C)Nc2nc(-c3ccc(C)cc3)nn2C1c1ccc(Cl)cc1Cl. The number of carbonyl (C=O) groups is 1. The number of amides is 1. The maximum Gasteiger partial charge on any atom is 0.255 e. The standard InChI is InChI=1S/C27H23Cl2N5O2/c1-15-8-10-17(11-9-15)25-32-27-30-16(2)23(26(35)31-21-6-4-5-7-22(21)36-3)24(34(27)33-25)19-13-12-18(28)14-20(19)29/h4-14,24H,1-3H3,(H,31,35)(H,30,32,33). The number of hydrogen-bond donors (Lipinski definition) is 2. The lowest BCUT2D eigenvalue weighted by molar-refractivity contribution is -0.113. The van der Waals surface area contributed by atoms with Crippen LogP contribution in [0.4, 0.5) is 11.6 Å². The fraction of sp³-hybridized carbons (Fsp3) is 0.148. The van der Waals surface area contributed by atoms with Crippen molar-refractivity contribution in [2.75, 3.05) is 17.7 Å². The van der Waals surface area contributed by atoms with Crippen LogP contribution in [0.5, 0.6) is 5.75 Å². The molecular weight excluding hydrogens is 497 g/mol. The zero-order chi connectivity index (χ0) is 25.4. The van der Waals surface area contributed by atoms with E-state index in [1.165, 1.54) is 0 Å². The van der Waals surface area contributed by atoms with E-state index < -0.39 is 6.04 Å². The average molecular weight is 520 g/mol. The highest BCUT2D eigenvalue weighted by Gasteiger charge is 2.36. The summed E-state index contributed by atoms with van der Waals surface area (Å²) in [5, 5.41) is 11.9. The van der Waals surface area contributed by atoms with E-state index in [-0.39, 0.29) is 5.91 Å². The molecular formula is C27H23Cl2N5O2. The lowest BCUT2D eigenvalue weighted by Gasteiger charge is -2.29. The minimum absolute atomic E-state index is 0.321. The topological polar surface area (TPSA) is 81.1 Å². The molecule has 1 aliphatic heterocycles. The van der Waals surface area contributed by atoms with Gasteiger partial charge in [-0.3, -0.25) is 4.79 Å². The first-order valence-corrected chi connectivity index (χ1v) is 12.0. The lowest BCUT2D eigenvalue weighted by atomic mass is 9.95. The zero-order valence-electron chi connectivity index (χ0n) is 19.8. The molecule has 3 aromatic carbocycles. The van der Waals surface area contributed by atoms with Crippen LogP contribution in [-0.2, 0) is 4.79 Å². The zero-order valence-corrected chi connectivity index (χ0v) is 21.4. The molecule has 0 aliphatic carbocycles. The molecule has 7 nitrogen and oxygen atoms in total.